The van der Waals surface area contributed by atoms with Gasteiger partial charge in [-0.1, -0.05) is 29.8 Å². The average Bonchev–Trinajstić information content (AvgIpc) is 3.17. The largest absolute Gasteiger partial charge is 0.379 e. The molecule has 1 atom stereocenters. The fourth-order valence-electron chi connectivity index (χ4n) is 2.37. The molecule has 1 fully saturated rings. The Morgan fingerprint density at radius 2 is 2.13 bits per heavy atom. The van der Waals surface area contributed by atoms with Gasteiger partial charge in [-0.05, 0) is 25.0 Å². The van der Waals surface area contributed by atoms with Gasteiger partial charge in [0, 0.05) is 12.8 Å². The van der Waals surface area contributed by atoms with E-state index in [9.17, 15) is 8.42 Å². The van der Waals surface area contributed by atoms with Crippen molar-refractivity contribution in [3.05, 3.63) is 53.2 Å². The molecule has 0 bridgehead atoms. The Morgan fingerprint density at radius 3 is 2.83 bits per heavy atom. The lowest BCUT2D eigenvalue weighted by Crippen LogP contribution is -2.10. The first-order valence-corrected chi connectivity index (χ1v) is 8.96. The predicted molar refractivity (Wildman–Crippen MR) is 89.5 cm³/mol. The third-order valence-electron chi connectivity index (χ3n) is 3.66. The molecule has 1 aromatic heterocycles. The zero-order valence-corrected chi connectivity index (χ0v) is 13.7. The fourth-order valence-corrected chi connectivity index (χ4v) is 3.20. The molecule has 0 unspecified atom stereocenters. The van der Waals surface area contributed by atoms with Crippen LogP contribution in [-0.2, 0) is 14.8 Å². The predicted octanol–water partition coefficient (Wildman–Crippen LogP) is 2.57. The maximum absolute atomic E-state index is 12.1. The zero-order chi connectivity index (χ0) is 16.3. The first-order chi connectivity index (χ1) is 11.0. The van der Waals surface area contributed by atoms with Crippen molar-refractivity contribution in [2.24, 2.45) is 0 Å². The quantitative estimate of drug-likeness (QED) is 0.913. The van der Waals surface area contributed by atoms with Gasteiger partial charge in [0.25, 0.3) is 10.0 Å². The van der Waals surface area contributed by atoms with E-state index < -0.39 is 10.0 Å². The molecule has 6 nitrogen and oxygen atoms in total. The summed E-state index contributed by atoms with van der Waals surface area (Å²) in [5.41, 5.74) is 2.41. The third-order valence-corrected chi connectivity index (χ3v) is 4.67. The number of aryl methyl sites for hydroxylation is 1. The molecule has 2 aromatic rings. The molecule has 0 aliphatic carbocycles. The smallest absolute Gasteiger partial charge is 0.255 e. The highest BCUT2D eigenvalue weighted by Gasteiger charge is 2.18. The Kier molecular flexibility index (Phi) is 4.49. The summed E-state index contributed by atoms with van der Waals surface area (Å²) < 4.78 is 33.8. The van der Waals surface area contributed by atoms with Gasteiger partial charge >= 0.3 is 0 Å². The Morgan fingerprint density at radius 1 is 1.35 bits per heavy atom. The molecule has 1 aromatic carbocycles. The van der Waals surface area contributed by atoms with Gasteiger partial charge in [-0.2, -0.15) is 5.10 Å². The maximum atomic E-state index is 12.1. The molecule has 7 heteroatoms. The molecular weight excluding hydrogens is 314 g/mol. The Bertz CT molecular complexity index is 788. The summed E-state index contributed by atoms with van der Waals surface area (Å²) in [4.78, 5) is 0. The summed E-state index contributed by atoms with van der Waals surface area (Å²) in [6, 6.07) is 7.80. The molecule has 1 aliphatic heterocycles. The maximum Gasteiger partial charge on any atom is 0.255 e. The summed E-state index contributed by atoms with van der Waals surface area (Å²) in [6.45, 7) is 3.31. The molecule has 0 spiro atoms. The number of nitrogens with zero attached hydrogens (tertiary/aromatic N) is 2. The second-order valence-corrected chi connectivity index (χ2v) is 7.15. The topological polar surface area (TPSA) is 73.2 Å². The molecule has 23 heavy (non-hydrogen) atoms. The van der Waals surface area contributed by atoms with E-state index in [2.05, 4.69) is 9.82 Å². The van der Waals surface area contributed by atoms with Crippen LogP contribution in [0.15, 0.2) is 42.1 Å². The van der Waals surface area contributed by atoms with Crippen molar-refractivity contribution >= 4 is 21.8 Å². The summed E-state index contributed by atoms with van der Waals surface area (Å²) >= 11 is 0. The van der Waals surface area contributed by atoms with Gasteiger partial charge in [0.2, 0.25) is 0 Å². The van der Waals surface area contributed by atoms with E-state index in [1.165, 1.54) is 6.20 Å². The van der Waals surface area contributed by atoms with Crippen LogP contribution in [0.25, 0.3) is 6.08 Å². The van der Waals surface area contributed by atoms with Gasteiger partial charge in [-0.3, -0.25) is 9.40 Å². The number of aromatic nitrogens is 2. The first kappa shape index (κ1) is 15.8. The Labute approximate surface area is 135 Å². The highest BCUT2D eigenvalue weighted by molar-refractivity contribution is 7.95. The van der Waals surface area contributed by atoms with Crippen molar-refractivity contribution in [3.8, 4) is 0 Å². The van der Waals surface area contributed by atoms with Gasteiger partial charge < -0.3 is 4.74 Å². The second kappa shape index (κ2) is 6.55. The number of anilines is 1. The van der Waals surface area contributed by atoms with Crippen LogP contribution in [0.3, 0.4) is 0 Å². The molecular formula is C16H19N3O3S. The number of rotatable bonds is 5. The minimum absolute atomic E-state index is 0.177. The van der Waals surface area contributed by atoms with Crippen molar-refractivity contribution in [3.63, 3.8) is 0 Å². The Hall–Kier alpha value is -2.12. The molecule has 3 rings (SSSR count). The Balaban J connectivity index is 1.67. The van der Waals surface area contributed by atoms with Crippen LogP contribution in [0.4, 0.5) is 5.69 Å². The monoisotopic (exact) mass is 333 g/mol. The van der Waals surface area contributed by atoms with Crippen molar-refractivity contribution < 1.29 is 13.2 Å². The number of nitrogens with one attached hydrogen (secondary N) is 1. The summed E-state index contributed by atoms with van der Waals surface area (Å²) in [6.07, 6.45) is 5.66. The van der Waals surface area contributed by atoms with Crippen molar-refractivity contribution in [2.45, 2.75) is 19.4 Å². The van der Waals surface area contributed by atoms with Crippen molar-refractivity contribution in [1.82, 2.24) is 9.78 Å². The summed E-state index contributed by atoms with van der Waals surface area (Å²) in [5.74, 6) is 0. The highest BCUT2D eigenvalue weighted by atomic mass is 32.2. The van der Waals surface area contributed by atoms with Crippen LogP contribution in [-0.4, -0.2) is 31.4 Å². The van der Waals surface area contributed by atoms with E-state index in [1.807, 2.05) is 31.2 Å². The highest BCUT2D eigenvalue weighted by Crippen LogP contribution is 2.20. The molecule has 2 heterocycles. The standard InChI is InChI=1S/C16H19N3O3S/c1-13-2-4-14(5-3-13)7-9-23(20,21)18-15-10-17-19(11-15)16-6-8-22-12-16/h2-5,7,9-11,16,18H,6,8,12H2,1H3/b9-7+/t16-/m0/s1. The fraction of sp³-hybridized carbons (Fsp3) is 0.312. The molecule has 1 N–H and O–H groups in total. The van der Waals surface area contributed by atoms with Gasteiger partial charge in [0.15, 0.2) is 0 Å². The van der Waals surface area contributed by atoms with Gasteiger partial charge in [-0.25, -0.2) is 8.42 Å². The SMILES string of the molecule is Cc1ccc(/C=C/S(=O)(=O)Nc2cnn([C@H]3CCOC3)c2)cc1. The van der Waals surface area contributed by atoms with Crippen LogP contribution < -0.4 is 4.72 Å². The third kappa shape index (κ3) is 4.20. The second-order valence-electron chi connectivity index (χ2n) is 5.59. The minimum atomic E-state index is -3.57. The average molecular weight is 333 g/mol. The molecule has 122 valence electrons. The van der Waals surface area contributed by atoms with Crippen LogP contribution in [0, 0.1) is 6.92 Å². The van der Waals surface area contributed by atoms with E-state index in [0.29, 0.717) is 18.9 Å². The van der Waals surface area contributed by atoms with Crippen LogP contribution in [0.1, 0.15) is 23.6 Å². The minimum Gasteiger partial charge on any atom is -0.379 e. The summed E-state index contributed by atoms with van der Waals surface area (Å²) in [5, 5.41) is 5.36. The molecule has 0 radical (unpaired) electrons. The van der Waals surface area contributed by atoms with E-state index in [-0.39, 0.29) is 6.04 Å². The van der Waals surface area contributed by atoms with Crippen molar-refractivity contribution in [1.29, 1.82) is 0 Å². The number of ether oxygens (including phenoxy) is 1. The molecule has 1 saturated heterocycles. The van der Waals surface area contributed by atoms with Crippen LogP contribution in [0.5, 0.6) is 0 Å². The first-order valence-electron chi connectivity index (χ1n) is 7.41. The lowest BCUT2D eigenvalue weighted by molar-refractivity contribution is 0.184. The van der Waals surface area contributed by atoms with Crippen LogP contribution >= 0.6 is 0 Å². The lowest BCUT2D eigenvalue weighted by Gasteiger charge is -2.06. The molecule has 0 saturated carbocycles. The van der Waals surface area contributed by atoms with E-state index in [4.69, 9.17) is 4.74 Å². The molecule has 0 amide bonds. The number of sulfonamides is 1. The van der Waals surface area contributed by atoms with Gasteiger partial charge in [0.05, 0.1) is 29.9 Å². The normalized spacial score (nSPS) is 18.6. The number of benzene rings is 1. The van der Waals surface area contributed by atoms with E-state index in [1.54, 1.807) is 17.0 Å². The van der Waals surface area contributed by atoms with Gasteiger partial charge in [-0.15, -0.1) is 0 Å². The van der Waals surface area contributed by atoms with Crippen molar-refractivity contribution in [2.75, 3.05) is 17.9 Å². The van der Waals surface area contributed by atoms with E-state index in [0.717, 1.165) is 23.0 Å². The van der Waals surface area contributed by atoms with Crippen LogP contribution in [0.2, 0.25) is 0 Å². The zero-order valence-electron chi connectivity index (χ0n) is 12.8. The van der Waals surface area contributed by atoms with E-state index >= 15 is 0 Å². The number of hydrogen-bond acceptors (Lipinski definition) is 4. The summed E-state index contributed by atoms with van der Waals surface area (Å²) in [7, 11) is -3.57. The lowest BCUT2D eigenvalue weighted by atomic mass is 10.2. The van der Waals surface area contributed by atoms with Gasteiger partial charge in [0.1, 0.15) is 0 Å². The molecule has 1 aliphatic rings. The number of hydrogen-bond donors (Lipinski definition) is 1.